The fourth-order valence-electron chi connectivity index (χ4n) is 1.93. The Labute approximate surface area is 122 Å². The number of aliphatic hydroxyl groups is 1. The molecule has 0 radical (unpaired) electrons. The van der Waals surface area contributed by atoms with Gasteiger partial charge in [-0.2, -0.15) is 0 Å². The lowest BCUT2D eigenvalue weighted by Crippen LogP contribution is -2.40. The van der Waals surface area contributed by atoms with Gasteiger partial charge in [-0.3, -0.25) is 14.5 Å². The second-order valence-electron chi connectivity index (χ2n) is 4.28. The maximum absolute atomic E-state index is 12.0. The van der Waals surface area contributed by atoms with Gasteiger partial charge in [0.05, 0.1) is 18.8 Å². The lowest BCUT2D eigenvalue weighted by molar-refractivity contribution is -0.121. The minimum atomic E-state index is -0.274. The van der Waals surface area contributed by atoms with E-state index in [1.165, 1.54) is 9.80 Å². The average Bonchev–Trinajstić information content (AvgIpc) is 2.72. The van der Waals surface area contributed by atoms with E-state index in [1.54, 1.807) is 12.1 Å². The molecular formula is C13H15N3O3S. The number of rotatable bonds is 5. The molecule has 0 saturated carbocycles. The molecule has 0 spiro atoms. The van der Waals surface area contributed by atoms with Gasteiger partial charge in [-0.05, 0) is 24.4 Å². The zero-order chi connectivity index (χ0) is 14.5. The molecule has 2 rings (SSSR count). The van der Waals surface area contributed by atoms with Crippen LogP contribution in [0.5, 0.6) is 0 Å². The van der Waals surface area contributed by atoms with Crippen LogP contribution in [0, 0.1) is 0 Å². The Bertz CT molecular complexity index is 521. The lowest BCUT2D eigenvalue weighted by Gasteiger charge is -2.19. The fraction of sp³-hybridized carbons (Fsp3) is 0.308. The van der Waals surface area contributed by atoms with Crippen molar-refractivity contribution in [3.63, 3.8) is 0 Å². The van der Waals surface area contributed by atoms with E-state index >= 15 is 0 Å². The number of nitrogens with zero attached hydrogens (tertiary/aromatic N) is 2. The molecule has 1 saturated heterocycles. The number of amides is 2. The predicted molar refractivity (Wildman–Crippen MR) is 78.2 cm³/mol. The molecule has 0 bridgehead atoms. The molecule has 0 unspecified atom stereocenters. The highest BCUT2D eigenvalue weighted by molar-refractivity contribution is 7.80. The number of hydrogen-bond donors (Lipinski definition) is 2. The monoisotopic (exact) mass is 293 g/mol. The SMILES string of the molecule is O=C(CN1CC(=O)N(c2ccccc2)C1=S)NCCO. The Hall–Kier alpha value is -1.99. The summed E-state index contributed by atoms with van der Waals surface area (Å²) in [7, 11) is 0. The molecule has 2 N–H and O–H groups in total. The quantitative estimate of drug-likeness (QED) is 0.731. The lowest BCUT2D eigenvalue weighted by atomic mass is 10.3. The Morgan fingerprint density at radius 3 is 2.70 bits per heavy atom. The molecule has 1 aromatic rings. The van der Waals surface area contributed by atoms with E-state index in [2.05, 4.69) is 5.32 Å². The summed E-state index contributed by atoms with van der Waals surface area (Å²) in [5.41, 5.74) is 0.695. The maximum Gasteiger partial charge on any atom is 0.252 e. The first-order valence-electron chi connectivity index (χ1n) is 6.18. The summed E-state index contributed by atoms with van der Waals surface area (Å²) in [5.74, 6) is -0.430. The Morgan fingerprint density at radius 1 is 1.35 bits per heavy atom. The van der Waals surface area contributed by atoms with Crippen LogP contribution in [0.4, 0.5) is 5.69 Å². The number of carbonyl (C=O) groups is 2. The van der Waals surface area contributed by atoms with Gasteiger partial charge in [-0.25, -0.2) is 0 Å². The van der Waals surface area contributed by atoms with Crippen molar-refractivity contribution in [2.45, 2.75) is 0 Å². The van der Waals surface area contributed by atoms with Gasteiger partial charge >= 0.3 is 0 Å². The van der Waals surface area contributed by atoms with Crippen molar-refractivity contribution in [1.29, 1.82) is 0 Å². The van der Waals surface area contributed by atoms with E-state index in [0.717, 1.165) is 0 Å². The number of para-hydroxylation sites is 1. The third-order valence-corrected chi connectivity index (χ3v) is 3.26. The van der Waals surface area contributed by atoms with Crippen LogP contribution in [0.15, 0.2) is 30.3 Å². The van der Waals surface area contributed by atoms with Crippen molar-refractivity contribution in [3.05, 3.63) is 30.3 Å². The molecule has 0 aliphatic carbocycles. The summed E-state index contributed by atoms with van der Waals surface area (Å²) >= 11 is 5.25. The minimum absolute atomic E-state index is 0.00784. The van der Waals surface area contributed by atoms with Crippen LogP contribution < -0.4 is 10.2 Å². The third kappa shape index (κ3) is 3.12. The first-order chi connectivity index (χ1) is 9.63. The number of thiocarbonyl (C=S) groups is 1. The van der Waals surface area contributed by atoms with E-state index in [0.29, 0.717) is 10.8 Å². The van der Waals surface area contributed by atoms with E-state index in [4.69, 9.17) is 17.3 Å². The van der Waals surface area contributed by atoms with Crippen LogP contribution in [-0.4, -0.2) is 53.2 Å². The molecule has 7 heteroatoms. The van der Waals surface area contributed by atoms with E-state index in [1.807, 2.05) is 18.2 Å². The number of anilines is 1. The van der Waals surface area contributed by atoms with Crippen LogP contribution >= 0.6 is 12.2 Å². The van der Waals surface area contributed by atoms with Crippen LogP contribution in [0.1, 0.15) is 0 Å². The molecule has 106 valence electrons. The zero-order valence-electron chi connectivity index (χ0n) is 10.8. The van der Waals surface area contributed by atoms with Crippen LogP contribution in [0.25, 0.3) is 0 Å². The van der Waals surface area contributed by atoms with E-state index < -0.39 is 0 Å². The number of aliphatic hydroxyl groups excluding tert-OH is 1. The Balaban J connectivity index is 2.04. The summed E-state index contributed by atoms with van der Waals surface area (Å²) < 4.78 is 0. The first-order valence-corrected chi connectivity index (χ1v) is 6.59. The van der Waals surface area contributed by atoms with Gasteiger partial charge in [0.2, 0.25) is 5.91 Å². The standard InChI is InChI=1S/C13H15N3O3S/c17-7-6-14-11(18)8-15-9-12(19)16(13(15)20)10-4-2-1-3-5-10/h1-5,17H,6-9H2,(H,14,18). The van der Waals surface area contributed by atoms with Crippen LogP contribution in [0.2, 0.25) is 0 Å². The van der Waals surface area contributed by atoms with Gasteiger partial charge in [0.25, 0.3) is 5.91 Å². The van der Waals surface area contributed by atoms with Crippen molar-refractivity contribution in [1.82, 2.24) is 10.2 Å². The molecule has 1 fully saturated rings. The molecule has 0 atom stereocenters. The van der Waals surface area contributed by atoms with Gasteiger partial charge in [-0.15, -0.1) is 0 Å². The summed E-state index contributed by atoms with van der Waals surface area (Å²) in [6.45, 7) is 0.162. The minimum Gasteiger partial charge on any atom is -0.395 e. The number of nitrogens with one attached hydrogen (secondary N) is 1. The van der Waals surface area contributed by atoms with E-state index in [9.17, 15) is 9.59 Å². The molecule has 1 heterocycles. The number of hydrogen-bond acceptors (Lipinski definition) is 4. The van der Waals surface area contributed by atoms with Gasteiger partial charge in [-0.1, -0.05) is 18.2 Å². The zero-order valence-corrected chi connectivity index (χ0v) is 11.6. The molecule has 2 amide bonds. The Morgan fingerprint density at radius 2 is 2.05 bits per heavy atom. The topological polar surface area (TPSA) is 72.9 Å². The average molecular weight is 293 g/mol. The van der Waals surface area contributed by atoms with Crippen LogP contribution in [0.3, 0.4) is 0 Å². The maximum atomic E-state index is 12.0. The van der Waals surface area contributed by atoms with Gasteiger partial charge < -0.3 is 15.3 Å². The Kier molecular flexibility index (Phi) is 4.65. The van der Waals surface area contributed by atoms with Gasteiger partial charge in [0.1, 0.15) is 6.54 Å². The smallest absolute Gasteiger partial charge is 0.252 e. The number of carbonyl (C=O) groups excluding carboxylic acids is 2. The van der Waals surface area contributed by atoms with Crippen LogP contribution in [-0.2, 0) is 9.59 Å². The normalized spacial score (nSPS) is 14.8. The third-order valence-electron chi connectivity index (χ3n) is 2.82. The largest absolute Gasteiger partial charge is 0.395 e. The second kappa shape index (κ2) is 6.44. The molecule has 20 heavy (non-hydrogen) atoms. The summed E-state index contributed by atoms with van der Waals surface area (Å²) in [6.07, 6.45) is 0. The van der Waals surface area contributed by atoms with Gasteiger partial charge in [0.15, 0.2) is 5.11 Å². The highest BCUT2D eigenvalue weighted by atomic mass is 32.1. The summed E-state index contributed by atoms with van der Waals surface area (Å²) in [4.78, 5) is 26.6. The highest BCUT2D eigenvalue weighted by Gasteiger charge is 2.34. The molecule has 1 aliphatic heterocycles. The highest BCUT2D eigenvalue weighted by Crippen LogP contribution is 2.20. The van der Waals surface area contributed by atoms with Crippen molar-refractivity contribution in [2.75, 3.05) is 31.1 Å². The van der Waals surface area contributed by atoms with Crippen molar-refractivity contribution in [3.8, 4) is 0 Å². The first kappa shape index (κ1) is 14.4. The molecule has 0 aromatic heterocycles. The van der Waals surface area contributed by atoms with Crippen molar-refractivity contribution in [2.24, 2.45) is 0 Å². The van der Waals surface area contributed by atoms with Crippen molar-refractivity contribution < 1.29 is 14.7 Å². The predicted octanol–water partition coefficient (Wildman–Crippen LogP) is -0.271. The number of benzene rings is 1. The van der Waals surface area contributed by atoms with E-state index in [-0.39, 0.29) is 38.1 Å². The molecule has 1 aliphatic rings. The van der Waals surface area contributed by atoms with Gasteiger partial charge in [0, 0.05) is 6.54 Å². The summed E-state index contributed by atoms with van der Waals surface area (Å²) in [5, 5.41) is 11.5. The molecule has 1 aromatic carbocycles. The molecule has 6 nitrogen and oxygen atoms in total. The summed E-state index contributed by atoms with van der Waals surface area (Å²) in [6, 6.07) is 9.08. The fourth-order valence-corrected chi connectivity index (χ4v) is 2.27. The second-order valence-corrected chi connectivity index (χ2v) is 4.64. The van der Waals surface area contributed by atoms with Crippen molar-refractivity contribution >= 4 is 34.8 Å². The molecular weight excluding hydrogens is 278 g/mol.